The Hall–Kier alpha value is 0.410. The topological polar surface area (TPSA) is 109 Å². The van der Waals surface area contributed by atoms with Gasteiger partial charge < -0.3 is 25.1 Å². The van der Waals surface area contributed by atoms with Gasteiger partial charge in [-0.2, -0.15) is 0 Å². The number of hydrogen-bond acceptors (Lipinski definition) is 5. The molecular weight excluding hydrogens is 272 g/mol. The van der Waals surface area contributed by atoms with Crippen LogP contribution in [0.4, 0.5) is 0 Å². The summed E-state index contributed by atoms with van der Waals surface area (Å²) in [5, 5.41) is 23.1. The van der Waals surface area contributed by atoms with Crippen LogP contribution in [0.2, 0.25) is 0 Å². The second kappa shape index (κ2) is 13.4. The second-order valence-corrected chi connectivity index (χ2v) is 4.29. The summed E-state index contributed by atoms with van der Waals surface area (Å²) in [5.41, 5.74) is 0. The van der Waals surface area contributed by atoms with E-state index in [4.69, 9.17) is 0 Å². The molecule has 0 aromatic carbocycles. The number of carboxylic acids is 2. The fourth-order valence-corrected chi connectivity index (χ4v) is 1.35. The van der Waals surface area contributed by atoms with Gasteiger partial charge in [0, 0.05) is 12.4 Å². The Morgan fingerprint density at radius 3 is 1.95 bits per heavy atom. The first-order chi connectivity index (χ1) is 7.82. The van der Waals surface area contributed by atoms with Gasteiger partial charge in [0.2, 0.25) is 5.91 Å². The molecule has 8 heteroatoms. The third-order valence-corrected chi connectivity index (χ3v) is 2.11. The molecule has 98 valence electrons. The zero-order valence-electron chi connectivity index (χ0n) is 12.0. The van der Waals surface area contributed by atoms with Crippen LogP contribution in [0.1, 0.15) is 39.5 Å². The van der Waals surface area contributed by atoms with E-state index in [1.807, 2.05) is 13.8 Å². The Morgan fingerprint density at radius 1 is 1.05 bits per heavy atom. The minimum atomic E-state index is -1.33. The van der Waals surface area contributed by atoms with Crippen molar-refractivity contribution in [3.05, 3.63) is 0 Å². The molecule has 0 aliphatic rings. The fraction of sp³-hybridized carbons (Fsp3) is 0.727. The molecule has 1 amide bonds. The van der Waals surface area contributed by atoms with Gasteiger partial charge in [-0.05, 0) is 25.2 Å². The molecule has 0 radical (unpaired) electrons. The van der Waals surface area contributed by atoms with Crippen LogP contribution in [0, 0.1) is 5.92 Å². The Labute approximate surface area is 157 Å². The Balaban J connectivity index is -0.00000128. The third kappa shape index (κ3) is 14.6. The van der Waals surface area contributed by atoms with Crippen LogP contribution in [0.3, 0.4) is 0 Å². The van der Waals surface area contributed by atoms with Crippen LogP contribution in [0.15, 0.2) is 0 Å². The Kier molecular flexibility index (Phi) is 17.2. The molecule has 0 spiro atoms. The largest absolute Gasteiger partial charge is 1.00 e. The predicted molar refractivity (Wildman–Crippen MR) is 55.3 cm³/mol. The van der Waals surface area contributed by atoms with Crippen molar-refractivity contribution in [2.75, 3.05) is 0 Å². The average Bonchev–Trinajstić information content (AvgIpc) is 2.15. The second-order valence-electron chi connectivity index (χ2n) is 4.29. The van der Waals surface area contributed by atoms with Gasteiger partial charge in [-0.25, -0.2) is 0 Å². The third-order valence-electron chi connectivity index (χ3n) is 2.11. The summed E-state index contributed by atoms with van der Waals surface area (Å²) in [4.78, 5) is 32.1. The van der Waals surface area contributed by atoms with Crippen LogP contribution in [0.25, 0.3) is 0 Å². The maximum atomic E-state index is 11.3. The predicted octanol–water partition coefficient (Wildman–Crippen LogP) is -7.80. The number of rotatable bonds is 8. The molecule has 0 saturated heterocycles. The SMILES string of the molecule is CC(C)C[C@H](NC(=O)CCCC(=O)[O-])C(=O)[O-].[Na+].[Na+]. The number of carboxylic acid groups (broad SMARTS) is 2. The van der Waals surface area contributed by atoms with Crippen LogP contribution in [-0.2, 0) is 14.4 Å². The van der Waals surface area contributed by atoms with Crippen molar-refractivity contribution >= 4 is 17.8 Å². The van der Waals surface area contributed by atoms with Gasteiger partial charge in [0.25, 0.3) is 0 Å². The van der Waals surface area contributed by atoms with Gasteiger partial charge in [-0.3, -0.25) is 4.79 Å². The van der Waals surface area contributed by atoms with Gasteiger partial charge in [0.05, 0.1) is 12.0 Å². The molecule has 0 rings (SSSR count). The van der Waals surface area contributed by atoms with Crippen LogP contribution in [-0.4, -0.2) is 23.9 Å². The van der Waals surface area contributed by atoms with Crippen LogP contribution >= 0.6 is 0 Å². The van der Waals surface area contributed by atoms with E-state index in [2.05, 4.69) is 5.32 Å². The number of carbonyl (C=O) groups excluding carboxylic acids is 3. The molecule has 0 aliphatic carbocycles. The normalized spacial score (nSPS) is 10.9. The van der Waals surface area contributed by atoms with E-state index in [0.717, 1.165) is 0 Å². The summed E-state index contributed by atoms with van der Waals surface area (Å²) >= 11 is 0. The van der Waals surface area contributed by atoms with Gasteiger partial charge in [-0.1, -0.05) is 13.8 Å². The molecule has 0 aliphatic heterocycles. The first-order valence-electron chi connectivity index (χ1n) is 5.53. The fourth-order valence-electron chi connectivity index (χ4n) is 1.35. The first-order valence-corrected chi connectivity index (χ1v) is 5.53. The van der Waals surface area contributed by atoms with Crippen molar-refractivity contribution in [3.63, 3.8) is 0 Å². The quantitative estimate of drug-likeness (QED) is 0.446. The van der Waals surface area contributed by atoms with Crippen molar-refractivity contribution < 1.29 is 83.7 Å². The molecule has 0 bridgehead atoms. The molecule has 0 aromatic heterocycles. The summed E-state index contributed by atoms with van der Waals surface area (Å²) in [7, 11) is 0. The molecule has 0 fully saturated rings. The zero-order valence-corrected chi connectivity index (χ0v) is 16.0. The van der Waals surface area contributed by atoms with E-state index in [1.54, 1.807) is 0 Å². The van der Waals surface area contributed by atoms with Crippen LogP contribution < -0.4 is 74.6 Å². The monoisotopic (exact) mass is 289 g/mol. The number of nitrogens with one attached hydrogen (secondary N) is 1. The molecule has 0 aromatic rings. The summed E-state index contributed by atoms with van der Waals surface area (Å²) in [5.74, 6) is -2.93. The molecule has 0 unspecified atom stereocenters. The molecule has 1 N–H and O–H groups in total. The molecule has 1 atom stereocenters. The van der Waals surface area contributed by atoms with Gasteiger partial charge in [0.1, 0.15) is 0 Å². The number of amides is 1. The van der Waals surface area contributed by atoms with Gasteiger partial charge in [-0.15, -0.1) is 0 Å². The summed E-state index contributed by atoms with van der Waals surface area (Å²) in [6.07, 6.45) is 0.174. The van der Waals surface area contributed by atoms with Gasteiger partial charge >= 0.3 is 59.1 Å². The van der Waals surface area contributed by atoms with Crippen molar-refractivity contribution in [3.8, 4) is 0 Å². The smallest absolute Gasteiger partial charge is 0.550 e. The van der Waals surface area contributed by atoms with E-state index in [1.165, 1.54) is 0 Å². The molecule has 0 heterocycles. The van der Waals surface area contributed by atoms with Crippen molar-refractivity contribution in [2.24, 2.45) is 5.92 Å². The van der Waals surface area contributed by atoms with E-state index < -0.39 is 23.9 Å². The van der Waals surface area contributed by atoms with Gasteiger partial charge in [0.15, 0.2) is 0 Å². The molecule has 0 saturated carbocycles. The molecule has 19 heavy (non-hydrogen) atoms. The minimum absolute atomic E-state index is 0. The Morgan fingerprint density at radius 2 is 1.58 bits per heavy atom. The molecular formula is C11H17NNa2O5. The van der Waals surface area contributed by atoms with E-state index in [-0.39, 0.29) is 90.7 Å². The number of carbonyl (C=O) groups is 3. The summed E-state index contributed by atoms with van der Waals surface area (Å²) in [6.45, 7) is 3.66. The standard InChI is InChI=1S/C11H19NO5.2Na/c1-7(2)6-8(11(16)17)12-9(13)4-3-5-10(14)15;;/h7-8H,3-6H2,1-2H3,(H,12,13)(H,14,15)(H,16,17);;/q;2*+1/p-2/t8-;;/m0../s1. The average molecular weight is 289 g/mol. The maximum absolute atomic E-state index is 11.3. The van der Waals surface area contributed by atoms with E-state index >= 15 is 0 Å². The molecule has 6 nitrogen and oxygen atoms in total. The van der Waals surface area contributed by atoms with E-state index in [0.29, 0.717) is 0 Å². The van der Waals surface area contributed by atoms with Crippen molar-refractivity contribution in [2.45, 2.75) is 45.6 Å². The van der Waals surface area contributed by atoms with E-state index in [9.17, 15) is 24.6 Å². The minimum Gasteiger partial charge on any atom is -0.550 e. The number of aliphatic carboxylic acids is 2. The summed E-state index contributed by atoms with van der Waals surface area (Å²) in [6, 6.07) is -1.02. The number of hydrogen-bond donors (Lipinski definition) is 1. The Bertz CT molecular complexity index is 297. The van der Waals surface area contributed by atoms with Crippen molar-refractivity contribution in [1.29, 1.82) is 0 Å². The first kappa shape index (κ1) is 24.4. The van der Waals surface area contributed by atoms with Crippen LogP contribution in [0.5, 0.6) is 0 Å². The zero-order chi connectivity index (χ0) is 13.4. The van der Waals surface area contributed by atoms with Crippen molar-refractivity contribution in [1.82, 2.24) is 5.32 Å². The summed E-state index contributed by atoms with van der Waals surface area (Å²) < 4.78 is 0. The maximum Gasteiger partial charge on any atom is 1.00 e.